The molecule has 0 N–H and O–H groups in total. The summed E-state index contributed by atoms with van der Waals surface area (Å²) in [5, 5.41) is 0. The van der Waals surface area contributed by atoms with Gasteiger partial charge in [0.25, 0.3) is 0 Å². The van der Waals surface area contributed by atoms with E-state index in [-0.39, 0.29) is 5.78 Å². The zero-order chi connectivity index (χ0) is 10.0. The first-order valence-electron chi connectivity index (χ1n) is 3.65. The van der Waals surface area contributed by atoms with Gasteiger partial charge >= 0.3 is 0 Å². The molecule has 70 valence electrons. The molecule has 0 atom stereocenters. The van der Waals surface area contributed by atoms with E-state index in [9.17, 15) is 4.79 Å². The fourth-order valence-electron chi connectivity index (χ4n) is 0.801. The average Bonchev–Trinajstić information content (AvgIpc) is 2.31. The van der Waals surface area contributed by atoms with E-state index >= 15 is 0 Å². The van der Waals surface area contributed by atoms with E-state index < -0.39 is 0 Å². The van der Waals surface area contributed by atoms with Crippen LogP contribution in [-0.2, 0) is 0 Å². The standard InChI is InChI=1S/C9H8Br2OS/c1-5(2)3-7(12)8-4-6(10)9(11)13-8/h3-4H,1-2H3. The molecule has 0 aliphatic rings. The van der Waals surface area contributed by atoms with Crippen molar-refractivity contribution in [2.24, 2.45) is 0 Å². The van der Waals surface area contributed by atoms with Gasteiger partial charge in [-0.1, -0.05) is 5.57 Å². The molecule has 4 heteroatoms. The molecular weight excluding hydrogens is 316 g/mol. The van der Waals surface area contributed by atoms with Crippen molar-refractivity contribution in [2.45, 2.75) is 13.8 Å². The van der Waals surface area contributed by atoms with Crippen molar-refractivity contribution in [3.8, 4) is 0 Å². The SMILES string of the molecule is CC(C)=CC(=O)c1cc(Br)c(Br)s1. The molecule has 0 amide bonds. The fraction of sp³-hybridized carbons (Fsp3) is 0.222. The number of carbonyl (C=O) groups excluding carboxylic acids is 1. The number of thiophene rings is 1. The number of allylic oxidation sites excluding steroid dienone is 2. The maximum Gasteiger partial charge on any atom is 0.195 e. The summed E-state index contributed by atoms with van der Waals surface area (Å²) in [6.07, 6.45) is 1.64. The summed E-state index contributed by atoms with van der Waals surface area (Å²) in [6, 6.07) is 1.83. The molecule has 0 bridgehead atoms. The van der Waals surface area contributed by atoms with Crippen molar-refractivity contribution in [3.05, 3.63) is 30.9 Å². The van der Waals surface area contributed by atoms with Crippen LogP contribution >= 0.6 is 43.2 Å². The summed E-state index contributed by atoms with van der Waals surface area (Å²) in [5.74, 6) is 0.0661. The normalized spacial score (nSPS) is 9.85. The Bertz CT molecular complexity index is 342. The number of halogens is 2. The lowest BCUT2D eigenvalue weighted by molar-refractivity contribution is 0.105. The summed E-state index contributed by atoms with van der Waals surface area (Å²) in [5.41, 5.74) is 1.02. The minimum atomic E-state index is 0.0661. The first kappa shape index (κ1) is 11.1. The molecule has 1 nitrogen and oxygen atoms in total. The van der Waals surface area contributed by atoms with E-state index in [1.165, 1.54) is 11.3 Å². The van der Waals surface area contributed by atoms with Crippen LogP contribution in [0.2, 0.25) is 0 Å². The number of ketones is 1. The van der Waals surface area contributed by atoms with Crippen LogP contribution < -0.4 is 0 Å². The number of hydrogen-bond donors (Lipinski definition) is 0. The van der Waals surface area contributed by atoms with E-state index in [2.05, 4.69) is 31.9 Å². The van der Waals surface area contributed by atoms with Crippen molar-refractivity contribution in [1.82, 2.24) is 0 Å². The molecule has 1 heterocycles. The Hall–Kier alpha value is 0.0700. The first-order valence-corrected chi connectivity index (χ1v) is 6.05. The molecule has 0 aromatic carbocycles. The molecule has 13 heavy (non-hydrogen) atoms. The van der Waals surface area contributed by atoms with Gasteiger partial charge in [0.05, 0.1) is 8.66 Å². The van der Waals surface area contributed by atoms with E-state index in [4.69, 9.17) is 0 Å². The Kier molecular flexibility index (Phi) is 3.88. The molecule has 0 radical (unpaired) electrons. The molecule has 0 saturated heterocycles. The predicted octanol–water partition coefficient (Wildman–Crippen LogP) is 4.42. The van der Waals surface area contributed by atoms with Crippen LogP contribution in [0, 0.1) is 0 Å². The minimum Gasteiger partial charge on any atom is -0.288 e. The maximum atomic E-state index is 11.5. The van der Waals surface area contributed by atoms with Crippen LogP contribution in [0.5, 0.6) is 0 Å². The van der Waals surface area contributed by atoms with Gasteiger partial charge in [0.2, 0.25) is 0 Å². The molecule has 1 aromatic heterocycles. The number of carbonyl (C=O) groups is 1. The van der Waals surface area contributed by atoms with Gasteiger partial charge in [-0.05, 0) is 57.8 Å². The van der Waals surface area contributed by atoms with Crippen LogP contribution in [0.25, 0.3) is 0 Å². The quantitative estimate of drug-likeness (QED) is 0.581. The van der Waals surface area contributed by atoms with Gasteiger partial charge in [-0.2, -0.15) is 0 Å². The third-order valence-electron chi connectivity index (χ3n) is 1.31. The lowest BCUT2D eigenvalue weighted by Gasteiger charge is -1.89. The van der Waals surface area contributed by atoms with Crippen LogP contribution in [-0.4, -0.2) is 5.78 Å². The highest BCUT2D eigenvalue weighted by Crippen LogP contribution is 2.32. The molecule has 0 fully saturated rings. The van der Waals surface area contributed by atoms with Crippen LogP contribution in [0.15, 0.2) is 26.0 Å². The predicted molar refractivity (Wildman–Crippen MR) is 63.5 cm³/mol. The number of hydrogen-bond acceptors (Lipinski definition) is 2. The zero-order valence-corrected chi connectivity index (χ0v) is 11.2. The Morgan fingerprint density at radius 3 is 2.46 bits per heavy atom. The van der Waals surface area contributed by atoms with Gasteiger partial charge in [-0.25, -0.2) is 0 Å². The fourth-order valence-corrected chi connectivity index (χ4v) is 2.75. The highest BCUT2D eigenvalue weighted by atomic mass is 79.9. The van der Waals surface area contributed by atoms with E-state index in [1.54, 1.807) is 6.08 Å². The Labute approximate surface area is 98.1 Å². The highest BCUT2D eigenvalue weighted by Gasteiger charge is 2.09. The Morgan fingerprint density at radius 1 is 1.46 bits per heavy atom. The smallest absolute Gasteiger partial charge is 0.195 e. The van der Waals surface area contributed by atoms with Gasteiger partial charge in [0.15, 0.2) is 5.78 Å². The second kappa shape index (κ2) is 4.53. The minimum absolute atomic E-state index is 0.0661. The van der Waals surface area contributed by atoms with Crippen LogP contribution in [0.3, 0.4) is 0 Å². The molecule has 1 aromatic rings. The third-order valence-corrected chi connectivity index (χ3v) is 4.58. The number of rotatable bonds is 2. The summed E-state index contributed by atoms with van der Waals surface area (Å²) < 4.78 is 1.89. The van der Waals surface area contributed by atoms with Crippen molar-refractivity contribution in [1.29, 1.82) is 0 Å². The summed E-state index contributed by atoms with van der Waals surface area (Å²) >= 11 is 8.13. The molecule has 0 aliphatic carbocycles. The van der Waals surface area contributed by atoms with E-state index in [0.717, 1.165) is 18.7 Å². The largest absolute Gasteiger partial charge is 0.288 e. The Balaban J connectivity index is 2.96. The Morgan fingerprint density at radius 2 is 2.08 bits per heavy atom. The lowest BCUT2D eigenvalue weighted by Crippen LogP contribution is -1.89. The van der Waals surface area contributed by atoms with E-state index in [0.29, 0.717) is 0 Å². The first-order chi connectivity index (χ1) is 6.00. The van der Waals surface area contributed by atoms with Crippen LogP contribution in [0.1, 0.15) is 23.5 Å². The van der Waals surface area contributed by atoms with Gasteiger partial charge in [0, 0.05) is 4.47 Å². The van der Waals surface area contributed by atoms with Gasteiger partial charge < -0.3 is 0 Å². The molecule has 0 aliphatic heterocycles. The molecule has 1 rings (SSSR count). The topological polar surface area (TPSA) is 17.1 Å². The highest BCUT2D eigenvalue weighted by molar-refractivity contribution is 9.13. The van der Waals surface area contributed by atoms with Gasteiger partial charge in [-0.3, -0.25) is 4.79 Å². The van der Waals surface area contributed by atoms with Crippen LogP contribution in [0.4, 0.5) is 0 Å². The second-order valence-corrected chi connectivity index (χ2v) is 6.04. The third kappa shape index (κ3) is 3.04. The molecule has 0 spiro atoms. The van der Waals surface area contributed by atoms with Crippen molar-refractivity contribution >= 4 is 49.0 Å². The molecule has 0 unspecified atom stereocenters. The lowest BCUT2D eigenvalue weighted by atomic mass is 10.2. The summed E-state index contributed by atoms with van der Waals surface area (Å²) in [6.45, 7) is 3.82. The van der Waals surface area contributed by atoms with Gasteiger partial charge in [0.1, 0.15) is 0 Å². The second-order valence-electron chi connectivity index (χ2n) is 2.82. The monoisotopic (exact) mass is 322 g/mol. The zero-order valence-electron chi connectivity index (χ0n) is 7.23. The summed E-state index contributed by atoms with van der Waals surface area (Å²) in [7, 11) is 0. The van der Waals surface area contributed by atoms with Gasteiger partial charge in [-0.15, -0.1) is 11.3 Å². The van der Waals surface area contributed by atoms with Crippen molar-refractivity contribution < 1.29 is 4.79 Å². The van der Waals surface area contributed by atoms with Crippen molar-refractivity contribution in [3.63, 3.8) is 0 Å². The summed E-state index contributed by atoms with van der Waals surface area (Å²) in [4.78, 5) is 12.3. The molecular formula is C9H8Br2OS. The average molecular weight is 324 g/mol. The maximum absolute atomic E-state index is 11.5. The van der Waals surface area contributed by atoms with E-state index in [1.807, 2.05) is 19.9 Å². The van der Waals surface area contributed by atoms with Crippen molar-refractivity contribution in [2.75, 3.05) is 0 Å². The molecule has 0 saturated carbocycles.